The van der Waals surface area contributed by atoms with Gasteiger partial charge in [-0.1, -0.05) is 83.3 Å². The number of esters is 1. The molecule has 0 aromatic heterocycles. The molecule has 0 aliphatic heterocycles. The quantitative estimate of drug-likeness (QED) is 0.0341. The fourth-order valence-electron chi connectivity index (χ4n) is 3.76. The Hall–Kier alpha value is -2.91. The zero-order chi connectivity index (χ0) is 37.1. The lowest BCUT2D eigenvalue weighted by molar-refractivity contribution is -0.118. The molecular weight excluding hydrogens is 724 g/mol. The lowest BCUT2D eigenvalue weighted by Crippen LogP contribution is -2.21. The monoisotopic (exact) mass is 756 g/mol. The van der Waals surface area contributed by atoms with E-state index in [-0.39, 0.29) is 32.5 Å². The van der Waals surface area contributed by atoms with E-state index in [0.717, 1.165) is 47.8 Å². The second kappa shape index (κ2) is 15.5. The summed E-state index contributed by atoms with van der Waals surface area (Å²) in [5.41, 5.74) is -7.23. The number of ether oxygens (including phenoxy) is 1. The van der Waals surface area contributed by atoms with Crippen LogP contribution < -0.4 is 4.74 Å². The number of thioether (sulfide) groups is 2. The normalized spacial score (nSPS) is 12.8. The highest BCUT2D eigenvalue weighted by Crippen LogP contribution is 2.67. The number of carbonyl (C=O) groups is 3. The van der Waals surface area contributed by atoms with Gasteiger partial charge >= 0.3 is 19.2 Å². The Morgan fingerprint density at radius 3 is 1.59 bits per heavy atom. The average Bonchev–Trinajstić information content (AvgIpc) is 3.03. The van der Waals surface area contributed by atoms with Gasteiger partial charge in [0, 0.05) is 27.9 Å². The molecule has 0 amide bonds. The summed E-state index contributed by atoms with van der Waals surface area (Å²) < 4.78 is 129. The number of hydrogen-bond acceptors (Lipinski definition) is 9. The molecule has 0 saturated heterocycles. The lowest BCUT2D eigenvalue weighted by atomic mass is 9.99. The molecule has 0 fully saturated rings. The summed E-state index contributed by atoms with van der Waals surface area (Å²) in [6.07, 6.45) is 0. The molecular formula is C32H32F7O7PS2. The molecule has 3 aromatic rings. The largest absolute Gasteiger partial charge is 0.416 e. The Kier molecular flexibility index (Phi) is 12.9. The number of benzene rings is 3. The number of fused-ring (bicyclic) bond motifs is 1. The van der Waals surface area contributed by atoms with Crippen LogP contribution in [0.2, 0.25) is 0 Å². The van der Waals surface area contributed by atoms with Crippen molar-refractivity contribution in [1.82, 2.24) is 0 Å². The molecule has 0 aliphatic rings. The number of halogens is 7. The molecule has 0 unspecified atom stereocenters. The van der Waals surface area contributed by atoms with Crippen molar-refractivity contribution in [3.05, 3.63) is 76.6 Å². The van der Waals surface area contributed by atoms with Crippen LogP contribution in [0.4, 0.5) is 30.7 Å². The van der Waals surface area contributed by atoms with Crippen molar-refractivity contribution in [3.8, 4) is 5.75 Å². The topological polar surface area (TPSA) is 96.0 Å². The predicted octanol–water partition coefficient (Wildman–Crippen LogP) is 9.64. The summed E-state index contributed by atoms with van der Waals surface area (Å²) in [4.78, 5) is 37.1. The van der Waals surface area contributed by atoms with Crippen LogP contribution in [0, 0.1) is 39.9 Å². The summed E-state index contributed by atoms with van der Waals surface area (Å²) in [7, 11) is -5.38. The SMILES string of the molecule is CC(C)(C)C(=O)SCCOP(=O)(OCCSC(=O)C(C)(C)C)C(F)(F)c1ccc2ccc(C(=O)Oc3c(F)c(F)c(F)c(F)c3F)cc2c1. The zero-order valence-corrected chi connectivity index (χ0v) is 29.6. The molecule has 7 nitrogen and oxygen atoms in total. The third-order valence-corrected chi connectivity index (χ3v) is 11.0. The Labute approximate surface area is 286 Å². The summed E-state index contributed by atoms with van der Waals surface area (Å²) >= 11 is 1.58. The third kappa shape index (κ3) is 9.46. The molecule has 0 aliphatic carbocycles. The van der Waals surface area contributed by atoms with Crippen LogP contribution in [-0.2, 0) is 28.9 Å². The summed E-state index contributed by atoms with van der Waals surface area (Å²) in [5.74, 6) is -15.7. The first kappa shape index (κ1) is 40.5. The first-order valence-electron chi connectivity index (χ1n) is 14.4. The Morgan fingerprint density at radius 1 is 0.673 bits per heavy atom. The molecule has 17 heteroatoms. The second-order valence-electron chi connectivity index (χ2n) is 12.5. The summed E-state index contributed by atoms with van der Waals surface area (Å²) in [5, 5.41) is -0.383. The predicted molar refractivity (Wildman–Crippen MR) is 172 cm³/mol. The second-order valence-corrected chi connectivity index (χ2v) is 16.8. The van der Waals surface area contributed by atoms with E-state index in [1.54, 1.807) is 41.5 Å². The molecule has 268 valence electrons. The highest BCUT2D eigenvalue weighted by Gasteiger charge is 2.55. The van der Waals surface area contributed by atoms with Gasteiger partial charge in [0.05, 0.1) is 18.8 Å². The highest BCUT2D eigenvalue weighted by atomic mass is 32.2. The van der Waals surface area contributed by atoms with Gasteiger partial charge in [-0.3, -0.25) is 14.2 Å². The Balaban J connectivity index is 1.92. The molecule has 0 bridgehead atoms. The molecule has 3 aromatic carbocycles. The van der Waals surface area contributed by atoms with Crippen molar-refractivity contribution < 1.29 is 63.5 Å². The van der Waals surface area contributed by atoms with E-state index in [9.17, 15) is 40.9 Å². The van der Waals surface area contributed by atoms with E-state index >= 15 is 8.78 Å². The van der Waals surface area contributed by atoms with Crippen molar-refractivity contribution in [2.75, 3.05) is 24.7 Å². The number of hydrogen-bond donors (Lipinski definition) is 0. The van der Waals surface area contributed by atoms with Crippen molar-refractivity contribution in [1.29, 1.82) is 0 Å². The van der Waals surface area contributed by atoms with Gasteiger partial charge in [-0.15, -0.1) is 0 Å². The zero-order valence-electron chi connectivity index (χ0n) is 27.1. The minimum Gasteiger partial charge on any atom is -0.416 e. The van der Waals surface area contributed by atoms with Crippen molar-refractivity contribution >= 4 is 58.1 Å². The molecule has 0 atom stereocenters. The summed E-state index contributed by atoms with van der Waals surface area (Å²) in [6.45, 7) is 8.80. The highest BCUT2D eigenvalue weighted by molar-refractivity contribution is 8.14. The van der Waals surface area contributed by atoms with Gasteiger partial charge in [-0.25, -0.2) is 18.0 Å². The van der Waals surface area contributed by atoms with Crippen molar-refractivity contribution in [2.45, 2.75) is 47.2 Å². The van der Waals surface area contributed by atoms with E-state index in [4.69, 9.17) is 9.05 Å². The minimum absolute atomic E-state index is 0.103. The molecule has 0 N–H and O–H groups in total. The van der Waals surface area contributed by atoms with Crippen molar-refractivity contribution in [2.24, 2.45) is 10.8 Å². The minimum atomic E-state index is -5.38. The molecule has 0 saturated carbocycles. The maximum absolute atomic E-state index is 16.1. The maximum atomic E-state index is 16.1. The molecule has 0 spiro atoms. The maximum Gasteiger partial charge on any atom is 0.404 e. The molecule has 49 heavy (non-hydrogen) atoms. The first-order valence-corrected chi connectivity index (χ1v) is 17.9. The van der Waals surface area contributed by atoms with Crippen LogP contribution >= 0.6 is 31.1 Å². The van der Waals surface area contributed by atoms with Gasteiger partial charge in [0.25, 0.3) is 0 Å². The average molecular weight is 757 g/mol. The van der Waals surface area contributed by atoms with E-state index < -0.39 is 89.2 Å². The van der Waals surface area contributed by atoms with Crippen LogP contribution in [0.5, 0.6) is 5.75 Å². The third-order valence-electron chi connectivity index (χ3n) is 6.51. The molecule has 0 radical (unpaired) electrons. The molecule has 3 rings (SSSR count). The van der Waals surface area contributed by atoms with Gasteiger partial charge < -0.3 is 13.8 Å². The lowest BCUT2D eigenvalue weighted by Gasteiger charge is -2.27. The van der Waals surface area contributed by atoms with Gasteiger partial charge in [-0.05, 0) is 29.0 Å². The smallest absolute Gasteiger partial charge is 0.404 e. The first-order chi connectivity index (χ1) is 22.5. The molecule has 0 heterocycles. The Bertz CT molecular complexity index is 1740. The number of rotatable bonds is 12. The van der Waals surface area contributed by atoms with Gasteiger partial charge in [0.15, 0.2) is 10.2 Å². The van der Waals surface area contributed by atoms with Gasteiger partial charge in [-0.2, -0.15) is 17.6 Å². The van der Waals surface area contributed by atoms with E-state index in [2.05, 4.69) is 4.74 Å². The van der Waals surface area contributed by atoms with Crippen molar-refractivity contribution in [3.63, 3.8) is 0 Å². The van der Waals surface area contributed by atoms with Gasteiger partial charge in [0.1, 0.15) is 0 Å². The van der Waals surface area contributed by atoms with E-state index in [1.807, 2.05) is 0 Å². The fraction of sp³-hybridized carbons (Fsp3) is 0.406. The van der Waals surface area contributed by atoms with E-state index in [1.165, 1.54) is 12.1 Å². The van der Waals surface area contributed by atoms with Gasteiger partial charge in [0.2, 0.25) is 34.8 Å². The fourth-order valence-corrected chi connectivity index (χ4v) is 7.10. The standard InChI is InChI=1S/C32H32F7O7PS2/c1-30(2,3)28(41)48-13-11-44-47(43,45-12-14-49-29(42)31(4,5)6)32(38,39)20-10-9-17-7-8-18(15-19(17)16-20)27(40)46-26-24(36)22(34)21(33)23(35)25(26)37/h7-10,15-16H,11-14H2,1-6H3. The Morgan fingerprint density at radius 2 is 1.12 bits per heavy atom. The van der Waals surface area contributed by atoms with E-state index in [0.29, 0.717) is 0 Å². The van der Waals surface area contributed by atoms with Crippen LogP contribution in [0.25, 0.3) is 10.8 Å². The van der Waals surface area contributed by atoms with Crippen LogP contribution in [0.15, 0.2) is 36.4 Å². The number of carbonyl (C=O) groups excluding carboxylic acids is 3. The van der Waals surface area contributed by atoms with Crippen LogP contribution in [0.3, 0.4) is 0 Å². The van der Waals surface area contributed by atoms with Crippen LogP contribution in [-0.4, -0.2) is 40.9 Å². The number of alkyl halides is 2. The van der Waals surface area contributed by atoms with Crippen LogP contribution in [0.1, 0.15) is 57.5 Å². The summed E-state index contributed by atoms with van der Waals surface area (Å²) in [6, 6.07) is 6.16.